The normalized spacial score (nSPS) is 11.2. The van der Waals surface area contributed by atoms with Crippen molar-refractivity contribution in [1.29, 1.82) is 0 Å². The number of carbonyl (C=O) groups is 1. The van der Waals surface area contributed by atoms with Crippen LogP contribution < -0.4 is 4.72 Å². The van der Waals surface area contributed by atoms with Crippen LogP contribution in [-0.2, 0) is 10.0 Å². The van der Waals surface area contributed by atoms with Crippen LogP contribution in [0.3, 0.4) is 0 Å². The van der Waals surface area contributed by atoms with Gasteiger partial charge in [-0.2, -0.15) is 0 Å². The number of anilines is 1. The third-order valence-corrected chi connectivity index (χ3v) is 5.52. The van der Waals surface area contributed by atoms with Gasteiger partial charge in [0.05, 0.1) is 4.90 Å². The van der Waals surface area contributed by atoms with Crippen molar-refractivity contribution in [2.24, 2.45) is 0 Å². The molecule has 0 bridgehead atoms. The number of hydrogen-bond acceptors (Lipinski definition) is 3. The van der Waals surface area contributed by atoms with Crippen molar-refractivity contribution in [2.75, 3.05) is 17.8 Å². The molecule has 0 aliphatic heterocycles. The number of amides is 1. The molecule has 6 heteroatoms. The lowest BCUT2D eigenvalue weighted by Gasteiger charge is -2.21. The molecule has 2 rings (SSSR count). The molecule has 2 aromatic carbocycles. The molecule has 0 fully saturated rings. The van der Waals surface area contributed by atoms with Crippen LogP contribution in [-0.4, -0.2) is 32.3 Å². The zero-order chi connectivity index (χ0) is 19.2. The fourth-order valence-electron chi connectivity index (χ4n) is 2.57. The molecule has 26 heavy (non-hydrogen) atoms. The van der Waals surface area contributed by atoms with Crippen LogP contribution in [0.1, 0.15) is 42.6 Å². The van der Waals surface area contributed by atoms with Crippen molar-refractivity contribution in [2.45, 2.75) is 38.5 Å². The Hall–Kier alpha value is -2.34. The van der Waals surface area contributed by atoms with Crippen molar-refractivity contribution in [3.63, 3.8) is 0 Å². The molecule has 0 saturated heterocycles. The summed E-state index contributed by atoms with van der Waals surface area (Å²) >= 11 is 0. The first-order chi connectivity index (χ1) is 12.4. The Morgan fingerprint density at radius 2 is 1.77 bits per heavy atom. The van der Waals surface area contributed by atoms with E-state index in [4.69, 9.17) is 0 Å². The van der Waals surface area contributed by atoms with Gasteiger partial charge < -0.3 is 4.90 Å². The molecule has 0 radical (unpaired) electrons. The molecule has 5 nitrogen and oxygen atoms in total. The first-order valence-electron chi connectivity index (χ1n) is 8.86. The van der Waals surface area contributed by atoms with Gasteiger partial charge in [-0.15, -0.1) is 0 Å². The second-order valence-electron chi connectivity index (χ2n) is 6.24. The number of aryl methyl sites for hydroxylation is 1. The maximum atomic E-state index is 12.7. The average Bonchev–Trinajstić information content (AvgIpc) is 2.64. The van der Waals surface area contributed by atoms with Crippen molar-refractivity contribution in [3.05, 3.63) is 59.7 Å². The predicted octanol–water partition coefficient (Wildman–Crippen LogP) is 4.06. The van der Waals surface area contributed by atoms with Crippen molar-refractivity contribution in [3.8, 4) is 0 Å². The summed E-state index contributed by atoms with van der Waals surface area (Å²) in [6, 6.07) is 13.3. The monoisotopic (exact) mass is 374 g/mol. The molecule has 0 aromatic heterocycles. The van der Waals surface area contributed by atoms with E-state index in [1.54, 1.807) is 29.2 Å². The third kappa shape index (κ3) is 5.08. The molecule has 0 heterocycles. The van der Waals surface area contributed by atoms with Gasteiger partial charge >= 0.3 is 0 Å². The molecular formula is C20H26N2O3S. The highest BCUT2D eigenvalue weighted by molar-refractivity contribution is 7.92. The molecule has 0 atom stereocenters. The zero-order valence-electron chi connectivity index (χ0n) is 15.5. The molecule has 140 valence electrons. The lowest BCUT2D eigenvalue weighted by molar-refractivity contribution is 0.0762. The highest BCUT2D eigenvalue weighted by Crippen LogP contribution is 2.18. The van der Waals surface area contributed by atoms with E-state index in [-0.39, 0.29) is 10.8 Å². The number of benzene rings is 2. The summed E-state index contributed by atoms with van der Waals surface area (Å²) in [6.45, 7) is 7.20. The lowest BCUT2D eigenvalue weighted by Crippen LogP contribution is -2.31. The predicted molar refractivity (Wildman–Crippen MR) is 105 cm³/mol. The van der Waals surface area contributed by atoms with Gasteiger partial charge in [0.25, 0.3) is 15.9 Å². The minimum absolute atomic E-state index is 0.0791. The van der Waals surface area contributed by atoms with Crippen LogP contribution in [0.2, 0.25) is 0 Å². The molecule has 0 unspecified atom stereocenters. The molecular weight excluding hydrogens is 348 g/mol. The van der Waals surface area contributed by atoms with Gasteiger partial charge in [-0.3, -0.25) is 9.52 Å². The van der Waals surface area contributed by atoms with E-state index in [9.17, 15) is 13.2 Å². The quantitative estimate of drug-likeness (QED) is 0.758. The minimum Gasteiger partial charge on any atom is -0.339 e. The second kappa shape index (κ2) is 8.85. The standard InChI is InChI=1S/C20H26N2O3S/c1-4-6-14-22(5-2)20(23)17-8-7-9-19(15-17)26(24,25)21-18-12-10-16(3)11-13-18/h7-13,15,21H,4-6,14H2,1-3H3. The SMILES string of the molecule is CCCCN(CC)C(=O)c1cccc(S(=O)(=O)Nc2ccc(C)cc2)c1. The fourth-order valence-corrected chi connectivity index (χ4v) is 3.67. The molecule has 1 N–H and O–H groups in total. The maximum Gasteiger partial charge on any atom is 0.261 e. The van der Waals surface area contributed by atoms with Crippen molar-refractivity contribution >= 4 is 21.6 Å². The molecule has 0 aliphatic rings. The largest absolute Gasteiger partial charge is 0.339 e. The maximum absolute atomic E-state index is 12.7. The summed E-state index contributed by atoms with van der Waals surface area (Å²) in [6.07, 6.45) is 1.92. The fraction of sp³-hybridized carbons (Fsp3) is 0.350. The van der Waals surface area contributed by atoms with E-state index in [2.05, 4.69) is 11.6 Å². The average molecular weight is 375 g/mol. The summed E-state index contributed by atoms with van der Waals surface area (Å²) < 4.78 is 27.8. The van der Waals surface area contributed by atoms with Gasteiger partial charge in [0, 0.05) is 24.3 Å². The number of carbonyl (C=O) groups excluding carboxylic acids is 1. The van der Waals surface area contributed by atoms with E-state index >= 15 is 0 Å². The summed E-state index contributed by atoms with van der Waals surface area (Å²) in [5.74, 6) is -0.145. The van der Waals surface area contributed by atoms with E-state index in [1.807, 2.05) is 26.0 Å². The van der Waals surface area contributed by atoms with Crippen LogP contribution in [0.4, 0.5) is 5.69 Å². The van der Waals surface area contributed by atoms with Crippen LogP contribution >= 0.6 is 0 Å². The van der Waals surface area contributed by atoms with Crippen LogP contribution in [0.15, 0.2) is 53.4 Å². The van der Waals surface area contributed by atoms with Gasteiger partial charge in [0.15, 0.2) is 0 Å². The van der Waals surface area contributed by atoms with Crippen LogP contribution in [0, 0.1) is 6.92 Å². The Morgan fingerprint density at radius 1 is 1.08 bits per heavy atom. The van der Waals surface area contributed by atoms with Crippen LogP contribution in [0.25, 0.3) is 0 Å². The molecule has 2 aromatic rings. The second-order valence-corrected chi connectivity index (χ2v) is 7.92. The first kappa shape index (κ1) is 20.0. The van der Waals surface area contributed by atoms with E-state index < -0.39 is 10.0 Å². The lowest BCUT2D eigenvalue weighted by atomic mass is 10.2. The molecule has 0 aliphatic carbocycles. The Bertz CT molecular complexity index is 846. The van der Waals surface area contributed by atoms with Gasteiger partial charge in [-0.1, -0.05) is 37.1 Å². The third-order valence-electron chi connectivity index (χ3n) is 4.15. The van der Waals surface area contributed by atoms with Gasteiger partial charge in [0.2, 0.25) is 0 Å². The van der Waals surface area contributed by atoms with E-state index in [0.29, 0.717) is 24.3 Å². The number of nitrogens with zero attached hydrogens (tertiary/aromatic N) is 1. The Kier molecular flexibility index (Phi) is 6.80. The smallest absolute Gasteiger partial charge is 0.261 e. The Morgan fingerprint density at radius 3 is 2.38 bits per heavy atom. The molecule has 0 saturated carbocycles. The highest BCUT2D eigenvalue weighted by Gasteiger charge is 2.19. The first-order valence-corrected chi connectivity index (χ1v) is 10.3. The Labute approximate surface area is 156 Å². The zero-order valence-corrected chi connectivity index (χ0v) is 16.3. The van der Waals surface area contributed by atoms with Gasteiger partial charge in [0.1, 0.15) is 0 Å². The van der Waals surface area contributed by atoms with E-state index in [1.165, 1.54) is 12.1 Å². The molecule has 0 spiro atoms. The summed E-state index contributed by atoms with van der Waals surface area (Å²) in [7, 11) is -3.75. The summed E-state index contributed by atoms with van der Waals surface area (Å²) in [4.78, 5) is 14.5. The van der Waals surface area contributed by atoms with Crippen molar-refractivity contribution < 1.29 is 13.2 Å². The van der Waals surface area contributed by atoms with E-state index in [0.717, 1.165) is 18.4 Å². The number of nitrogens with one attached hydrogen (secondary N) is 1. The Balaban J connectivity index is 2.24. The summed E-state index contributed by atoms with van der Waals surface area (Å²) in [5, 5.41) is 0. The topological polar surface area (TPSA) is 66.5 Å². The minimum atomic E-state index is -3.75. The molecule has 1 amide bonds. The number of unbranched alkanes of at least 4 members (excludes halogenated alkanes) is 1. The van der Waals surface area contributed by atoms with Gasteiger partial charge in [-0.05, 0) is 50.6 Å². The number of hydrogen-bond donors (Lipinski definition) is 1. The van der Waals surface area contributed by atoms with Gasteiger partial charge in [-0.25, -0.2) is 8.42 Å². The van der Waals surface area contributed by atoms with Crippen LogP contribution in [0.5, 0.6) is 0 Å². The van der Waals surface area contributed by atoms with Crippen molar-refractivity contribution in [1.82, 2.24) is 4.90 Å². The number of rotatable bonds is 8. The highest BCUT2D eigenvalue weighted by atomic mass is 32.2. The summed E-state index contributed by atoms with van der Waals surface area (Å²) in [5.41, 5.74) is 1.92. The number of sulfonamides is 1.